The molecule has 4 bridgehead atoms. The van der Waals surface area contributed by atoms with Gasteiger partial charge in [0, 0.05) is 11.5 Å². The van der Waals surface area contributed by atoms with Gasteiger partial charge in [0.25, 0.3) is 0 Å². The lowest BCUT2D eigenvalue weighted by Crippen LogP contribution is -2.27. The Morgan fingerprint density at radius 2 is 2.42 bits per heavy atom. The van der Waals surface area contributed by atoms with E-state index in [0.717, 1.165) is 12.2 Å². The maximum Gasteiger partial charge on any atom is 0.226 e. The molecule has 3 heterocycles. The summed E-state index contributed by atoms with van der Waals surface area (Å²) < 4.78 is 11.1. The molecule has 0 N–H and O–H groups in total. The monoisotopic (exact) mass is 164 g/mol. The van der Waals surface area contributed by atoms with E-state index < -0.39 is 0 Å². The predicted molar refractivity (Wildman–Crippen MR) is 44.3 cm³/mol. The van der Waals surface area contributed by atoms with Crippen molar-refractivity contribution < 1.29 is 9.47 Å². The number of rotatable bonds is 1. The Hall–Kier alpha value is -0.760. The van der Waals surface area contributed by atoms with Crippen LogP contribution in [-0.2, 0) is 9.47 Å². The highest BCUT2D eigenvalue weighted by Crippen LogP contribution is 2.51. The topological polar surface area (TPSA) is 18.5 Å². The molecule has 0 radical (unpaired) electrons. The Morgan fingerprint density at radius 1 is 1.58 bits per heavy atom. The van der Waals surface area contributed by atoms with E-state index >= 15 is 0 Å². The lowest BCUT2D eigenvalue weighted by molar-refractivity contribution is -0.0423. The highest BCUT2D eigenvalue weighted by atomic mass is 16.7. The average molecular weight is 164 g/mol. The smallest absolute Gasteiger partial charge is 0.226 e. The van der Waals surface area contributed by atoms with Crippen molar-refractivity contribution in [3.63, 3.8) is 0 Å². The van der Waals surface area contributed by atoms with Crippen LogP contribution in [0.2, 0.25) is 0 Å². The molecule has 1 fully saturated rings. The minimum absolute atomic E-state index is 0.0225. The summed E-state index contributed by atoms with van der Waals surface area (Å²) in [4.78, 5) is 0. The number of ether oxygens (including phenoxy) is 2. The van der Waals surface area contributed by atoms with Gasteiger partial charge in [-0.2, -0.15) is 0 Å². The number of hydrogen-bond acceptors (Lipinski definition) is 2. The van der Waals surface area contributed by atoms with E-state index in [2.05, 4.69) is 13.5 Å². The van der Waals surface area contributed by atoms with Crippen LogP contribution in [0.4, 0.5) is 0 Å². The summed E-state index contributed by atoms with van der Waals surface area (Å²) in [5.41, 5.74) is 2.64. The summed E-state index contributed by atoms with van der Waals surface area (Å²) in [5, 5.41) is 0. The van der Waals surface area contributed by atoms with Gasteiger partial charge in [-0.3, -0.25) is 0 Å². The second-order valence-electron chi connectivity index (χ2n) is 3.89. The molecule has 2 nitrogen and oxygen atoms in total. The largest absolute Gasteiger partial charge is 0.462 e. The van der Waals surface area contributed by atoms with Gasteiger partial charge in [0.2, 0.25) is 6.29 Å². The van der Waals surface area contributed by atoms with Gasteiger partial charge >= 0.3 is 0 Å². The first kappa shape index (κ1) is 6.72. The Balaban J connectivity index is 1.96. The molecule has 4 aliphatic rings. The molecule has 0 aromatic rings. The van der Waals surface area contributed by atoms with Crippen molar-refractivity contribution in [2.24, 2.45) is 5.92 Å². The molecule has 4 rings (SSSR count). The van der Waals surface area contributed by atoms with Crippen LogP contribution in [0.15, 0.2) is 23.5 Å². The Kier molecular flexibility index (Phi) is 1.09. The predicted octanol–water partition coefficient (Wildman–Crippen LogP) is 1.98. The molecule has 0 spiro atoms. The van der Waals surface area contributed by atoms with Crippen molar-refractivity contribution in [2.45, 2.75) is 32.2 Å². The van der Waals surface area contributed by atoms with Gasteiger partial charge in [0.15, 0.2) is 0 Å². The third-order valence-corrected chi connectivity index (χ3v) is 3.09. The van der Waals surface area contributed by atoms with E-state index in [9.17, 15) is 0 Å². The molecular formula is C10H12O2. The zero-order valence-corrected chi connectivity index (χ0v) is 7.17. The Bertz CT molecular complexity index is 290. The lowest BCUT2D eigenvalue weighted by Gasteiger charge is -2.29. The lowest BCUT2D eigenvalue weighted by atomic mass is 9.82. The summed E-state index contributed by atoms with van der Waals surface area (Å²) in [5.74, 6) is 1.62. The van der Waals surface area contributed by atoms with Crippen molar-refractivity contribution in [1.82, 2.24) is 0 Å². The molecule has 2 heteroatoms. The maximum atomic E-state index is 5.68. The summed E-state index contributed by atoms with van der Waals surface area (Å²) in [6.07, 6.45) is 2.58. The van der Waals surface area contributed by atoms with E-state index in [-0.39, 0.29) is 12.4 Å². The molecule has 12 heavy (non-hydrogen) atoms. The van der Waals surface area contributed by atoms with E-state index in [1.165, 1.54) is 17.6 Å². The third kappa shape index (κ3) is 0.604. The second-order valence-corrected chi connectivity index (χ2v) is 3.89. The van der Waals surface area contributed by atoms with Crippen LogP contribution >= 0.6 is 0 Å². The summed E-state index contributed by atoms with van der Waals surface area (Å²) in [6, 6.07) is 0. The van der Waals surface area contributed by atoms with Gasteiger partial charge in [-0.25, -0.2) is 0 Å². The van der Waals surface area contributed by atoms with Crippen LogP contribution in [0, 0.1) is 5.92 Å². The van der Waals surface area contributed by atoms with Gasteiger partial charge in [-0.15, -0.1) is 0 Å². The molecule has 3 unspecified atom stereocenters. The van der Waals surface area contributed by atoms with Crippen LogP contribution in [0.25, 0.3) is 0 Å². The van der Waals surface area contributed by atoms with Crippen molar-refractivity contribution in [3.8, 4) is 0 Å². The van der Waals surface area contributed by atoms with E-state index in [0.29, 0.717) is 5.92 Å². The van der Waals surface area contributed by atoms with Crippen molar-refractivity contribution in [1.29, 1.82) is 0 Å². The van der Waals surface area contributed by atoms with Crippen molar-refractivity contribution in [2.75, 3.05) is 0 Å². The summed E-state index contributed by atoms with van der Waals surface area (Å²) >= 11 is 0. The first-order valence-electron chi connectivity index (χ1n) is 4.48. The molecule has 64 valence electrons. The zero-order chi connectivity index (χ0) is 8.29. The maximum absolute atomic E-state index is 5.68. The quantitative estimate of drug-likeness (QED) is 0.552. The van der Waals surface area contributed by atoms with Crippen LogP contribution in [0.5, 0.6) is 0 Å². The van der Waals surface area contributed by atoms with Gasteiger partial charge < -0.3 is 9.47 Å². The molecule has 3 atom stereocenters. The fourth-order valence-electron chi connectivity index (χ4n) is 2.36. The molecule has 1 aliphatic carbocycles. The molecular weight excluding hydrogens is 152 g/mol. The van der Waals surface area contributed by atoms with Crippen LogP contribution in [0.3, 0.4) is 0 Å². The van der Waals surface area contributed by atoms with Crippen LogP contribution < -0.4 is 0 Å². The molecule has 0 aromatic carbocycles. The highest BCUT2D eigenvalue weighted by Gasteiger charge is 2.52. The summed E-state index contributed by atoms with van der Waals surface area (Å²) in [6.45, 7) is 6.07. The Labute approximate surface area is 71.9 Å². The first-order chi connectivity index (χ1) is 5.77. The minimum Gasteiger partial charge on any atom is -0.462 e. The molecule has 1 saturated heterocycles. The Morgan fingerprint density at radius 3 is 3.17 bits per heavy atom. The van der Waals surface area contributed by atoms with E-state index in [1.54, 1.807) is 0 Å². The molecule has 3 aliphatic heterocycles. The SMILES string of the molecule is C=C(C)C1CCC2=C3OC2OC31. The fourth-order valence-corrected chi connectivity index (χ4v) is 2.36. The fraction of sp³-hybridized carbons (Fsp3) is 0.600. The van der Waals surface area contributed by atoms with Crippen LogP contribution in [-0.4, -0.2) is 12.4 Å². The van der Waals surface area contributed by atoms with Gasteiger partial charge in [0.1, 0.15) is 11.9 Å². The van der Waals surface area contributed by atoms with Gasteiger partial charge in [-0.05, 0) is 19.8 Å². The van der Waals surface area contributed by atoms with Gasteiger partial charge in [0.05, 0.1) is 0 Å². The standard InChI is InChI=1S/C10H12O2/c1-5(2)6-3-4-7-9-8(6)11-10(7)12-9/h6,8,10H,1,3-4H2,2H3. The van der Waals surface area contributed by atoms with Crippen molar-refractivity contribution >= 4 is 0 Å². The van der Waals surface area contributed by atoms with Crippen molar-refractivity contribution in [3.05, 3.63) is 23.5 Å². The molecule has 0 aromatic heterocycles. The second kappa shape index (κ2) is 1.94. The average Bonchev–Trinajstić information content (AvgIpc) is 2.49. The van der Waals surface area contributed by atoms with Crippen LogP contribution in [0.1, 0.15) is 19.8 Å². The summed E-state index contributed by atoms with van der Waals surface area (Å²) in [7, 11) is 0. The highest BCUT2D eigenvalue weighted by molar-refractivity contribution is 5.34. The molecule has 0 saturated carbocycles. The zero-order valence-electron chi connectivity index (χ0n) is 7.17. The third-order valence-electron chi connectivity index (χ3n) is 3.09. The first-order valence-corrected chi connectivity index (χ1v) is 4.48. The minimum atomic E-state index is 0.0225. The van der Waals surface area contributed by atoms with E-state index in [1.807, 2.05) is 0 Å². The van der Waals surface area contributed by atoms with E-state index in [4.69, 9.17) is 9.47 Å². The van der Waals surface area contributed by atoms with Gasteiger partial charge in [-0.1, -0.05) is 12.2 Å². The molecule has 0 amide bonds. The number of hydrogen-bond donors (Lipinski definition) is 0. The normalized spacial score (nSPS) is 42.2.